The molecule has 0 aromatic heterocycles. The lowest BCUT2D eigenvalue weighted by Gasteiger charge is -2.29. The van der Waals surface area contributed by atoms with Crippen LogP contribution in [0.1, 0.15) is 27.9 Å². The number of carbonyl (C=O) groups is 2. The lowest BCUT2D eigenvalue weighted by molar-refractivity contribution is -0.132. The van der Waals surface area contributed by atoms with Crippen molar-refractivity contribution in [1.29, 1.82) is 0 Å². The highest BCUT2D eigenvalue weighted by atomic mass is 16.2. The van der Waals surface area contributed by atoms with Gasteiger partial charge in [0.1, 0.15) is 0 Å². The van der Waals surface area contributed by atoms with Gasteiger partial charge in [-0.3, -0.25) is 9.59 Å². The topological polar surface area (TPSA) is 55.9 Å². The van der Waals surface area contributed by atoms with E-state index >= 15 is 0 Å². The first kappa shape index (κ1) is 21.8. The number of piperazine rings is 1. The molecule has 6 heteroatoms. The molecule has 3 rings (SSSR count). The maximum atomic E-state index is 13.4. The van der Waals surface area contributed by atoms with E-state index in [2.05, 4.69) is 17.4 Å². The van der Waals surface area contributed by atoms with Crippen LogP contribution in [0.4, 0.5) is 5.69 Å². The molecule has 2 aromatic carbocycles. The molecule has 0 aliphatic carbocycles. The predicted molar refractivity (Wildman–Crippen MR) is 121 cm³/mol. The van der Waals surface area contributed by atoms with Crippen LogP contribution in [0.15, 0.2) is 48.5 Å². The quantitative estimate of drug-likeness (QED) is 0.765. The Bertz CT molecular complexity index is 858. The highest BCUT2D eigenvalue weighted by Gasteiger charge is 2.21. The van der Waals surface area contributed by atoms with Crippen molar-refractivity contribution < 1.29 is 9.59 Å². The monoisotopic (exact) mass is 408 g/mol. The molecule has 30 heavy (non-hydrogen) atoms. The molecule has 1 fully saturated rings. The number of rotatable bonds is 7. The minimum Gasteiger partial charge on any atom is -0.378 e. The summed E-state index contributed by atoms with van der Waals surface area (Å²) in [6.45, 7) is 6.06. The molecule has 1 heterocycles. The Labute approximate surface area is 179 Å². The normalized spacial score (nSPS) is 13.8. The molecule has 0 unspecified atom stereocenters. The number of nitrogens with zero attached hydrogens (tertiary/aromatic N) is 3. The molecular weight excluding hydrogens is 376 g/mol. The molecular formula is C24H32N4O2. The molecule has 0 bridgehead atoms. The van der Waals surface area contributed by atoms with Gasteiger partial charge in [0, 0.05) is 71.0 Å². The van der Waals surface area contributed by atoms with Gasteiger partial charge in [0.05, 0.1) is 0 Å². The Kier molecular flexibility index (Phi) is 7.46. The van der Waals surface area contributed by atoms with E-state index in [0.29, 0.717) is 25.1 Å². The van der Waals surface area contributed by atoms with E-state index in [1.54, 1.807) is 4.90 Å². The summed E-state index contributed by atoms with van der Waals surface area (Å²) < 4.78 is 0. The van der Waals surface area contributed by atoms with Gasteiger partial charge in [-0.05, 0) is 30.7 Å². The standard InChI is InChI=1S/C24H32N4O2/c1-19-7-9-20(10-8-19)18-28(14-11-23(29)27-15-12-25-13-16-27)24(30)21-5-4-6-22(17-21)26(2)3/h4-10,17,25H,11-16,18H2,1-3H3. The van der Waals surface area contributed by atoms with Gasteiger partial charge in [0.25, 0.3) is 5.91 Å². The number of nitrogens with one attached hydrogen (secondary N) is 1. The summed E-state index contributed by atoms with van der Waals surface area (Å²) in [4.78, 5) is 31.7. The van der Waals surface area contributed by atoms with Crippen LogP contribution in [0.3, 0.4) is 0 Å². The van der Waals surface area contributed by atoms with Gasteiger partial charge in [0.2, 0.25) is 5.91 Å². The minimum absolute atomic E-state index is 0.0487. The first-order valence-corrected chi connectivity index (χ1v) is 10.5. The second-order valence-electron chi connectivity index (χ2n) is 8.04. The van der Waals surface area contributed by atoms with Crippen molar-refractivity contribution in [2.24, 2.45) is 0 Å². The third-order valence-corrected chi connectivity index (χ3v) is 5.46. The van der Waals surface area contributed by atoms with Crippen LogP contribution in [0.25, 0.3) is 0 Å². The van der Waals surface area contributed by atoms with Crippen molar-refractivity contribution in [2.75, 3.05) is 51.7 Å². The zero-order valence-electron chi connectivity index (χ0n) is 18.2. The molecule has 1 N–H and O–H groups in total. The first-order valence-electron chi connectivity index (χ1n) is 10.5. The third-order valence-electron chi connectivity index (χ3n) is 5.46. The summed E-state index contributed by atoms with van der Waals surface area (Å²) in [6.07, 6.45) is 0.338. The number of anilines is 1. The summed E-state index contributed by atoms with van der Waals surface area (Å²) in [5.41, 5.74) is 3.87. The van der Waals surface area contributed by atoms with Crippen molar-refractivity contribution in [3.05, 3.63) is 65.2 Å². The fourth-order valence-corrected chi connectivity index (χ4v) is 3.57. The van der Waals surface area contributed by atoms with E-state index in [-0.39, 0.29) is 11.8 Å². The van der Waals surface area contributed by atoms with Crippen molar-refractivity contribution in [1.82, 2.24) is 15.1 Å². The predicted octanol–water partition coefficient (Wildman–Crippen LogP) is 2.53. The van der Waals surface area contributed by atoms with Crippen LogP contribution >= 0.6 is 0 Å². The molecule has 0 radical (unpaired) electrons. The molecule has 0 saturated carbocycles. The Hall–Kier alpha value is -2.86. The highest BCUT2D eigenvalue weighted by molar-refractivity contribution is 5.95. The minimum atomic E-state index is -0.0487. The second kappa shape index (κ2) is 10.3. The van der Waals surface area contributed by atoms with E-state index in [1.807, 2.05) is 67.2 Å². The molecule has 1 saturated heterocycles. The largest absolute Gasteiger partial charge is 0.378 e. The Balaban J connectivity index is 1.75. The van der Waals surface area contributed by atoms with Gasteiger partial charge in [-0.2, -0.15) is 0 Å². The van der Waals surface area contributed by atoms with Crippen LogP contribution in [-0.4, -0.2) is 68.4 Å². The first-order chi connectivity index (χ1) is 14.4. The van der Waals surface area contributed by atoms with Crippen molar-refractivity contribution in [2.45, 2.75) is 19.9 Å². The molecule has 0 atom stereocenters. The summed E-state index contributed by atoms with van der Waals surface area (Å²) in [7, 11) is 3.92. The molecule has 2 aromatic rings. The van der Waals surface area contributed by atoms with Crippen LogP contribution < -0.4 is 10.2 Å². The van der Waals surface area contributed by atoms with E-state index in [4.69, 9.17) is 0 Å². The van der Waals surface area contributed by atoms with E-state index < -0.39 is 0 Å². The summed E-state index contributed by atoms with van der Waals surface area (Å²) >= 11 is 0. The smallest absolute Gasteiger partial charge is 0.254 e. The van der Waals surface area contributed by atoms with Crippen molar-refractivity contribution in [3.8, 4) is 0 Å². The average molecular weight is 409 g/mol. The van der Waals surface area contributed by atoms with Crippen LogP contribution in [0, 0.1) is 6.92 Å². The van der Waals surface area contributed by atoms with Gasteiger partial charge in [-0.1, -0.05) is 35.9 Å². The Morgan fingerprint density at radius 1 is 1.03 bits per heavy atom. The maximum absolute atomic E-state index is 13.4. The molecule has 6 nitrogen and oxygen atoms in total. The lowest BCUT2D eigenvalue weighted by Crippen LogP contribution is -2.47. The lowest BCUT2D eigenvalue weighted by atomic mass is 10.1. The van der Waals surface area contributed by atoms with Crippen LogP contribution in [-0.2, 0) is 11.3 Å². The molecule has 2 amide bonds. The molecule has 1 aliphatic heterocycles. The van der Waals surface area contributed by atoms with Gasteiger partial charge >= 0.3 is 0 Å². The molecule has 1 aliphatic rings. The SMILES string of the molecule is Cc1ccc(CN(CCC(=O)N2CCNCC2)C(=O)c2cccc(N(C)C)c2)cc1. The van der Waals surface area contributed by atoms with Crippen molar-refractivity contribution in [3.63, 3.8) is 0 Å². The van der Waals surface area contributed by atoms with Crippen molar-refractivity contribution >= 4 is 17.5 Å². The maximum Gasteiger partial charge on any atom is 0.254 e. The molecule has 0 spiro atoms. The second-order valence-corrected chi connectivity index (χ2v) is 8.04. The zero-order chi connectivity index (χ0) is 21.5. The Morgan fingerprint density at radius 2 is 1.73 bits per heavy atom. The van der Waals surface area contributed by atoms with Gasteiger partial charge in [-0.25, -0.2) is 0 Å². The zero-order valence-corrected chi connectivity index (χ0v) is 18.2. The number of carbonyl (C=O) groups excluding carboxylic acids is 2. The van der Waals surface area contributed by atoms with Gasteiger partial charge < -0.3 is 20.0 Å². The highest BCUT2D eigenvalue weighted by Crippen LogP contribution is 2.17. The number of aryl methyl sites for hydroxylation is 1. The Morgan fingerprint density at radius 3 is 2.40 bits per heavy atom. The number of hydrogen-bond acceptors (Lipinski definition) is 4. The summed E-state index contributed by atoms with van der Waals surface area (Å²) in [6, 6.07) is 15.8. The third kappa shape index (κ3) is 5.83. The number of hydrogen-bond donors (Lipinski definition) is 1. The van der Waals surface area contributed by atoms with Crippen LogP contribution in [0.2, 0.25) is 0 Å². The number of benzene rings is 2. The number of amides is 2. The fraction of sp³-hybridized carbons (Fsp3) is 0.417. The van der Waals surface area contributed by atoms with Gasteiger partial charge in [-0.15, -0.1) is 0 Å². The van der Waals surface area contributed by atoms with Gasteiger partial charge in [0.15, 0.2) is 0 Å². The van der Waals surface area contributed by atoms with E-state index in [1.165, 1.54) is 5.56 Å². The van der Waals surface area contributed by atoms with E-state index in [0.717, 1.165) is 37.4 Å². The molecule has 160 valence electrons. The summed E-state index contributed by atoms with van der Waals surface area (Å²) in [5, 5.41) is 3.26. The van der Waals surface area contributed by atoms with E-state index in [9.17, 15) is 9.59 Å². The van der Waals surface area contributed by atoms with Crippen LogP contribution in [0.5, 0.6) is 0 Å². The average Bonchev–Trinajstić information content (AvgIpc) is 2.78. The fourth-order valence-electron chi connectivity index (χ4n) is 3.57. The summed E-state index contributed by atoms with van der Waals surface area (Å²) in [5.74, 6) is 0.0626.